The summed E-state index contributed by atoms with van der Waals surface area (Å²) in [5.74, 6) is 0.767. The molecule has 0 saturated heterocycles. The SMILES string of the molecule is c1ccc(CCNc2nc(-c3ccc(C4CCCCC4)cc3)cs2)cc1. The molecule has 1 heterocycles. The van der Waals surface area contributed by atoms with E-state index in [2.05, 4.69) is 65.3 Å². The summed E-state index contributed by atoms with van der Waals surface area (Å²) in [6.45, 7) is 0.914. The number of aromatic nitrogens is 1. The average Bonchev–Trinajstić information content (AvgIpc) is 3.19. The lowest BCUT2D eigenvalue weighted by Crippen LogP contribution is -2.04. The lowest BCUT2D eigenvalue weighted by atomic mass is 9.84. The van der Waals surface area contributed by atoms with Crippen molar-refractivity contribution in [2.45, 2.75) is 44.4 Å². The van der Waals surface area contributed by atoms with Crippen LogP contribution < -0.4 is 5.32 Å². The third kappa shape index (κ3) is 4.34. The molecule has 1 fully saturated rings. The van der Waals surface area contributed by atoms with Gasteiger partial charge in [0.2, 0.25) is 0 Å². The smallest absolute Gasteiger partial charge is 0.183 e. The average molecular weight is 363 g/mol. The van der Waals surface area contributed by atoms with E-state index in [4.69, 9.17) is 4.98 Å². The molecule has 1 aliphatic rings. The van der Waals surface area contributed by atoms with Gasteiger partial charge >= 0.3 is 0 Å². The fourth-order valence-electron chi connectivity index (χ4n) is 3.81. The Balaban J connectivity index is 1.35. The molecule has 1 N–H and O–H groups in total. The van der Waals surface area contributed by atoms with Gasteiger partial charge in [0.05, 0.1) is 5.69 Å². The van der Waals surface area contributed by atoms with Gasteiger partial charge in [-0.2, -0.15) is 0 Å². The van der Waals surface area contributed by atoms with Crippen molar-refractivity contribution < 1.29 is 0 Å². The lowest BCUT2D eigenvalue weighted by Gasteiger charge is -2.22. The van der Waals surface area contributed by atoms with Gasteiger partial charge in [0.15, 0.2) is 5.13 Å². The van der Waals surface area contributed by atoms with Crippen molar-refractivity contribution >= 4 is 16.5 Å². The molecule has 0 spiro atoms. The van der Waals surface area contributed by atoms with E-state index in [9.17, 15) is 0 Å². The van der Waals surface area contributed by atoms with Crippen LogP contribution in [-0.4, -0.2) is 11.5 Å². The van der Waals surface area contributed by atoms with Crippen molar-refractivity contribution in [1.29, 1.82) is 0 Å². The second kappa shape index (κ2) is 8.50. The Morgan fingerprint density at radius 1 is 0.923 bits per heavy atom. The number of nitrogens with one attached hydrogen (secondary N) is 1. The van der Waals surface area contributed by atoms with Gasteiger partial charge in [-0.05, 0) is 36.3 Å². The molecule has 0 aliphatic heterocycles. The van der Waals surface area contributed by atoms with Crippen LogP contribution in [0.4, 0.5) is 5.13 Å². The van der Waals surface area contributed by atoms with E-state index in [0.717, 1.165) is 29.7 Å². The third-order valence-corrected chi connectivity index (χ3v) is 6.12. The summed E-state index contributed by atoms with van der Waals surface area (Å²) < 4.78 is 0. The third-order valence-electron chi connectivity index (χ3n) is 5.32. The van der Waals surface area contributed by atoms with Gasteiger partial charge in [-0.25, -0.2) is 4.98 Å². The first-order valence-corrected chi connectivity index (χ1v) is 10.6. The van der Waals surface area contributed by atoms with Crippen molar-refractivity contribution in [1.82, 2.24) is 4.98 Å². The van der Waals surface area contributed by atoms with E-state index >= 15 is 0 Å². The molecule has 3 heteroatoms. The molecule has 1 saturated carbocycles. The summed E-state index contributed by atoms with van der Waals surface area (Å²) in [5, 5.41) is 6.61. The molecule has 3 aromatic rings. The van der Waals surface area contributed by atoms with E-state index in [0.29, 0.717) is 0 Å². The van der Waals surface area contributed by atoms with E-state index in [1.807, 2.05) is 0 Å². The molecule has 1 aromatic heterocycles. The molecule has 2 nitrogen and oxygen atoms in total. The summed E-state index contributed by atoms with van der Waals surface area (Å²) >= 11 is 1.69. The highest BCUT2D eigenvalue weighted by molar-refractivity contribution is 7.14. The van der Waals surface area contributed by atoms with Gasteiger partial charge in [-0.15, -0.1) is 11.3 Å². The lowest BCUT2D eigenvalue weighted by molar-refractivity contribution is 0.443. The molecule has 0 unspecified atom stereocenters. The Morgan fingerprint density at radius 2 is 1.69 bits per heavy atom. The molecule has 0 atom stereocenters. The predicted molar refractivity (Wildman–Crippen MR) is 112 cm³/mol. The quantitative estimate of drug-likeness (QED) is 0.540. The van der Waals surface area contributed by atoms with E-state index in [1.165, 1.54) is 48.8 Å². The summed E-state index contributed by atoms with van der Waals surface area (Å²) in [5.41, 5.74) is 5.16. The molecular weight excluding hydrogens is 336 g/mol. The minimum absolute atomic E-state index is 0.767. The normalized spacial score (nSPS) is 15.1. The van der Waals surface area contributed by atoms with Crippen molar-refractivity contribution in [2.24, 2.45) is 0 Å². The van der Waals surface area contributed by atoms with Gasteiger partial charge in [-0.1, -0.05) is 73.9 Å². The first-order valence-electron chi connectivity index (χ1n) is 9.72. The standard InChI is InChI=1S/C23H26N2S/c1-3-7-18(8-4-1)15-16-24-23-25-22(17-26-23)21-13-11-20(12-14-21)19-9-5-2-6-10-19/h1,3-4,7-8,11-14,17,19H,2,5-6,9-10,15-16H2,(H,24,25). The Labute approximate surface area is 160 Å². The number of hydrogen-bond acceptors (Lipinski definition) is 3. The van der Waals surface area contributed by atoms with E-state index in [-0.39, 0.29) is 0 Å². The first-order chi connectivity index (χ1) is 12.9. The highest BCUT2D eigenvalue weighted by atomic mass is 32.1. The summed E-state index contributed by atoms with van der Waals surface area (Å²) in [6.07, 6.45) is 7.91. The molecule has 2 aromatic carbocycles. The number of anilines is 1. The van der Waals surface area contributed by atoms with Crippen molar-refractivity contribution in [3.05, 3.63) is 71.1 Å². The van der Waals surface area contributed by atoms with Gasteiger partial charge < -0.3 is 5.32 Å². The van der Waals surface area contributed by atoms with Crippen molar-refractivity contribution in [2.75, 3.05) is 11.9 Å². The van der Waals surface area contributed by atoms with Gasteiger partial charge in [0, 0.05) is 17.5 Å². The fourth-order valence-corrected chi connectivity index (χ4v) is 4.56. The summed E-state index contributed by atoms with van der Waals surface area (Å²) in [4.78, 5) is 4.76. The van der Waals surface area contributed by atoms with Gasteiger partial charge in [0.1, 0.15) is 0 Å². The molecule has 0 radical (unpaired) electrons. The number of benzene rings is 2. The highest BCUT2D eigenvalue weighted by Gasteiger charge is 2.15. The molecule has 0 amide bonds. The van der Waals surface area contributed by atoms with Crippen LogP contribution in [0.25, 0.3) is 11.3 Å². The van der Waals surface area contributed by atoms with Crippen molar-refractivity contribution in [3.8, 4) is 11.3 Å². The Morgan fingerprint density at radius 3 is 2.46 bits per heavy atom. The zero-order valence-electron chi connectivity index (χ0n) is 15.2. The molecule has 0 bridgehead atoms. The van der Waals surface area contributed by atoms with Crippen molar-refractivity contribution in [3.63, 3.8) is 0 Å². The highest BCUT2D eigenvalue weighted by Crippen LogP contribution is 2.34. The largest absolute Gasteiger partial charge is 0.361 e. The topological polar surface area (TPSA) is 24.9 Å². The minimum Gasteiger partial charge on any atom is -0.361 e. The Hall–Kier alpha value is -2.13. The van der Waals surface area contributed by atoms with Crippen LogP contribution in [0.15, 0.2) is 60.0 Å². The van der Waals surface area contributed by atoms with Gasteiger partial charge in [0.25, 0.3) is 0 Å². The summed E-state index contributed by atoms with van der Waals surface area (Å²) in [7, 11) is 0. The van der Waals surface area contributed by atoms with Gasteiger partial charge in [-0.3, -0.25) is 0 Å². The fraction of sp³-hybridized carbons (Fsp3) is 0.348. The second-order valence-corrected chi connectivity index (χ2v) is 8.02. The minimum atomic E-state index is 0.767. The number of hydrogen-bond donors (Lipinski definition) is 1. The van der Waals surface area contributed by atoms with Crippen LogP contribution in [-0.2, 0) is 6.42 Å². The van der Waals surface area contributed by atoms with Crippen LogP contribution in [0, 0.1) is 0 Å². The zero-order chi connectivity index (χ0) is 17.6. The van der Waals surface area contributed by atoms with Crippen LogP contribution in [0.2, 0.25) is 0 Å². The first kappa shape index (κ1) is 17.3. The molecule has 134 valence electrons. The number of thiazole rings is 1. The molecule has 1 aliphatic carbocycles. The molecule has 26 heavy (non-hydrogen) atoms. The zero-order valence-corrected chi connectivity index (χ0v) is 16.0. The maximum atomic E-state index is 4.76. The maximum Gasteiger partial charge on any atom is 0.183 e. The molecule has 4 rings (SSSR count). The monoisotopic (exact) mass is 362 g/mol. The van der Waals surface area contributed by atoms with E-state index in [1.54, 1.807) is 11.3 Å². The van der Waals surface area contributed by atoms with Crippen LogP contribution >= 0.6 is 11.3 Å². The Bertz CT molecular complexity index is 802. The molecular formula is C23H26N2S. The van der Waals surface area contributed by atoms with Crippen LogP contribution in [0.5, 0.6) is 0 Å². The predicted octanol–water partition coefficient (Wildman–Crippen LogP) is 6.51. The second-order valence-electron chi connectivity index (χ2n) is 7.16. The van der Waals surface area contributed by atoms with Crippen LogP contribution in [0.3, 0.4) is 0 Å². The maximum absolute atomic E-state index is 4.76. The van der Waals surface area contributed by atoms with Crippen LogP contribution in [0.1, 0.15) is 49.1 Å². The Kier molecular flexibility index (Phi) is 5.65. The number of rotatable bonds is 6. The number of nitrogens with zero attached hydrogens (tertiary/aromatic N) is 1. The van der Waals surface area contributed by atoms with E-state index < -0.39 is 0 Å². The summed E-state index contributed by atoms with van der Waals surface area (Å²) in [6, 6.07) is 19.7.